The summed E-state index contributed by atoms with van der Waals surface area (Å²) in [6.07, 6.45) is 1.19. The molecule has 1 heterocycles. The van der Waals surface area contributed by atoms with Crippen molar-refractivity contribution in [3.8, 4) is 6.07 Å². The number of nitriles is 1. The Balaban J connectivity index is 2.29. The average Bonchev–Trinajstić information content (AvgIpc) is 2.47. The molecule has 1 atom stereocenters. The van der Waals surface area contributed by atoms with E-state index in [4.69, 9.17) is 15.6 Å². The molecule has 0 aliphatic carbocycles. The van der Waals surface area contributed by atoms with Crippen molar-refractivity contribution < 1.29 is 14.6 Å². The van der Waals surface area contributed by atoms with E-state index in [1.807, 2.05) is 24.3 Å². The standard InChI is InChI=1S/C15H18N2O3/c16-10-15(4-6-20-7-5-15)12-3-1-2-11(8-12)13(17)9-14(18)19/h1-3,8,13H,4-7,9,17H2,(H,18,19). The third-order valence-corrected chi connectivity index (χ3v) is 3.82. The highest BCUT2D eigenvalue weighted by Gasteiger charge is 2.34. The zero-order chi connectivity index (χ0) is 14.6. The molecule has 0 aromatic heterocycles. The number of carboxylic acids is 1. The van der Waals surface area contributed by atoms with Crippen LogP contribution in [-0.2, 0) is 14.9 Å². The minimum atomic E-state index is -0.927. The zero-order valence-electron chi connectivity index (χ0n) is 11.2. The normalized spacial score (nSPS) is 19.0. The maximum absolute atomic E-state index is 10.7. The number of nitrogens with two attached hydrogens (primary N) is 1. The van der Waals surface area contributed by atoms with Crippen LogP contribution in [0.2, 0.25) is 0 Å². The van der Waals surface area contributed by atoms with E-state index in [1.165, 1.54) is 0 Å². The molecular formula is C15H18N2O3. The van der Waals surface area contributed by atoms with Crippen LogP contribution >= 0.6 is 0 Å². The van der Waals surface area contributed by atoms with E-state index in [9.17, 15) is 10.1 Å². The van der Waals surface area contributed by atoms with Gasteiger partial charge in [-0.05, 0) is 24.0 Å². The Bertz CT molecular complexity index is 530. The molecule has 1 unspecified atom stereocenters. The van der Waals surface area contributed by atoms with Crippen LogP contribution in [-0.4, -0.2) is 24.3 Å². The fourth-order valence-corrected chi connectivity index (χ4v) is 2.56. The van der Waals surface area contributed by atoms with Crippen molar-refractivity contribution in [2.75, 3.05) is 13.2 Å². The Hall–Kier alpha value is -1.90. The van der Waals surface area contributed by atoms with Gasteiger partial charge in [0, 0.05) is 19.3 Å². The summed E-state index contributed by atoms with van der Waals surface area (Å²) in [5.74, 6) is -0.927. The molecule has 20 heavy (non-hydrogen) atoms. The smallest absolute Gasteiger partial charge is 0.305 e. The lowest BCUT2D eigenvalue weighted by Crippen LogP contribution is -2.32. The summed E-state index contributed by atoms with van der Waals surface area (Å²) < 4.78 is 5.32. The van der Waals surface area contributed by atoms with Gasteiger partial charge in [-0.15, -0.1) is 0 Å². The Kier molecular flexibility index (Phi) is 4.38. The van der Waals surface area contributed by atoms with Crippen LogP contribution in [0.25, 0.3) is 0 Å². The number of carboxylic acid groups (broad SMARTS) is 1. The number of benzene rings is 1. The molecule has 1 aromatic rings. The first kappa shape index (κ1) is 14.5. The zero-order valence-corrected chi connectivity index (χ0v) is 11.2. The molecule has 5 nitrogen and oxygen atoms in total. The van der Waals surface area contributed by atoms with Gasteiger partial charge < -0.3 is 15.6 Å². The molecule has 0 bridgehead atoms. The van der Waals surface area contributed by atoms with Gasteiger partial charge in [0.1, 0.15) is 0 Å². The molecule has 0 saturated carbocycles. The molecule has 3 N–H and O–H groups in total. The topological polar surface area (TPSA) is 96.3 Å². The van der Waals surface area contributed by atoms with Crippen LogP contribution in [0, 0.1) is 11.3 Å². The first-order valence-electron chi connectivity index (χ1n) is 6.64. The van der Waals surface area contributed by atoms with Gasteiger partial charge in [-0.2, -0.15) is 5.26 Å². The van der Waals surface area contributed by atoms with E-state index in [0.29, 0.717) is 26.1 Å². The third kappa shape index (κ3) is 2.98. The molecule has 1 saturated heterocycles. The van der Waals surface area contributed by atoms with Crippen LogP contribution in [0.4, 0.5) is 0 Å². The van der Waals surface area contributed by atoms with Crippen molar-refractivity contribution >= 4 is 5.97 Å². The molecule has 106 valence electrons. The van der Waals surface area contributed by atoms with E-state index >= 15 is 0 Å². The van der Waals surface area contributed by atoms with Gasteiger partial charge in [-0.3, -0.25) is 4.79 Å². The second kappa shape index (κ2) is 6.04. The number of hydrogen-bond donors (Lipinski definition) is 2. The second-order valence-electron chi connectivity index (χ2n) is 5.14. The fourth-order valence-electron chi connectivity index (χ4n) is 2.56. The van der Waals surface area contributed by atoms with Crippen molar-refractivity contribution in [3.63, 3.8) is 0 Å². The van der Waals surface area contributed by atoms with Gasteiger partial charge in [0.05, 0.1) is 17.9 Å². The molecule has 0 radical (unpaired) electrons. The van der Waals surface area contributed by atoms with E-state index < -0.39 is 17.4 Å². The lowest BCUT2D eigenvalue weighted by molar-refractivity contribution is -0.137. The van der Waals surface area contributed by atoms with Gasteiger partial charge in [-0.25, -0.2) is 0 Å². The van der Waals surface area contributed by atoms with Gasteiger partial charge >= 0.3 is 5.97 Å². The summed E-state index contributed by atoms with van der Waals surface area (Å²) >= 11 is 0. The minimum absolute atomic E-state index is 0.119. The van der Waals surface area contributed by atoms with Gasteiger partial charge in [0.2, 0.25) is 0 Å². The van der Waals surface area contributed by atoms with E-state index in [2.05, 4.69) is 6.07 Å². The molecule has 0 amide bonds. The molecule has 2 rings (SSSR count). The molecule has 1 aliphatic rings. The summed E-state index contributed by atoms with van der Waals surface area (Å²) in [4.78, 5) is 10.7. The number of aliphatic carboxylic acids is 1. The summed E-state index contributed by atoms with van der Waals surface area (Å²) in [5.41, 5.74) is 7.01. The van der Waals surface area contributed by atoms with Gasteiger partial charge in [0.25, 0.3) is 0 Å². The largest absolute Gasteiger partial charge is 0.481 e. The molecule has 1 aliphatic heterocycles. The summed E-state index contributed by atoms with van der Waals surface area (Å²) in [6, 6.07) is 9.26. The molecule has 5 heteroatoms. The van der Waals surface area contributed by atoms with Crippen molar-refractivity contribution in [1.82, 2.24) is 0 Å². The third-order valence-electron chi connectivity index (χ3n) is 3.82. The van der Waals surface area contributed by atoms with Gasteiger partial charge in [0.15, 0.2) is 0 Å². The highest BCUT2D eigenvalue weighted by molar-refractivity contribution is 5.67. The summed E-state index contributed by atoms with van der Waals surface area (Å²) in [5, 5.41) is 18.4. The van der Waals surface area contributed by atoms with E-state index in [0.717, 1.165) is 11.1 Å². The summed E-state index contributed by atoms with van der Waals surface area (Å²) in [7, 11) is 0. The van der Waals surface area contributed by atoms with Crippen LogP contribution in [0.3, 0.4) is 0 Å². The highest BCUT2D eigenvalue weighted by atomic mass is 16.5. The summed E-state index contributed by atoms with van der Waals surface area (Å²) in [6.45, 7) is 1.14. The average molecular weight is 274 g/mol. The predicted molar refractivity (Wildman–Crippen MR) is 73.0 cm³/mol. The van der Waals surface area contributed by atoms with E-state index in [1.54, 1.807) is 0 Å². The molecular weight excluding hydrogens is 256 g/mol. The maximum atomic E-state index is 10.7. The Morgan fingerprint density at radius 1 is 1.50 bits per heavy atom. The number of hydrogen-bond acceptors (Lipinski definition) is 4. The van der Waals surface area contributed by atoms with Crippen LogP contribution in [0.15, 0.2) is 24.3 Å². The van der Waals surface area contributed by atoms with Crippen molar-refractivity contribution in [3.05, 3.63) is 35.4 Å². The lowest BCUT2D eigenvalue weighted by atomic mass is 9.75. The first-order chi connectivity index (χ1) is 9.57. The van der Waals surface area contributed by atoms with Crippen LogP contribution in [0.5, 0.6) is 0 Å². The minimum Gasteiger partial charge on any atom is -0.481 e. The number of carbonyl (C=O) groups is 1. The fraction of sp³-hybridized carbons (Fsp3) is 0.467. The Morgan fingerprint density at radius 2 is 2.20 bits per heavy atom. The molecule has 1 fully saturated rings. The molecule has 0 spiro atoms. The maximum Gasteiger partial charge on any atom is 0.305 e. The SMILES string of the molecule is N#CC1(c2cccc(C(N)CC(=O)O)c2)CCOCC1. The van der Waals surface area contributed by atoms with Crippen molar-refractivity contribution in [2.45, 2.75) is 30.7 Å². The van der Waals surface area contributed by atoms with Crippen LogP contribution in [0.1, 0.15) is 36.4 Å². The van der Waals surface area contributed by atoms with Crippen LogP contribution < -0.4 is 5.73 Å². The first-order valence-corrected chi connectivity index (χ1v) is 6.64. The number of nitrogens with zero attached hydrogens (tertiary/aromatic N) is 1. The number of ether oxygens (including phenoxy) is 1. The molecule has 1 aromatic carbocycles. The number of rotatable bonds is 4. The monoisotopic (exact) mass is 274 g/mol. The lowest BCUT2D eigenvalue weighted by Gasteiger charge is -2.31. The van der Waals surface area contributed by atoms with Crippen molar-refractivity contribution in [2.24, 2.45) is 5.73 Å². The Morgan fingerprint density at radius 3 is 2.80 bits per heavy atom. The van der Waals surface area contributed by atoms with Crippen molar-refractivity contribution in [1.29, 1.82) is 5.26 Å². The predicted octanol–water partition coefficient (Wildman–Crippen LogP) is 1.73. The Labute approximate surface area is 118 Å². The van der Waals surface area contributed by atoms with Gasteiger partial charge in [-0.1, -0.05) is 24.3 Å². The second-order valence-corrected chi connectivity index (χ2v) is 5.14. The quantitative estimate of drug-likeness (QED) is 0.871. The highest BCUT2D eigenvalue weighted by Crippen LogP contribution is 2.35. The van der Waals surface area contributed by atoms with E-state index in [-0.39, 0.29) is 6.42 Å².